The molecule has 0 bridgehead atoms. The second-order valence-electron chi connectivity index (χ2n) is 8.85. The van der Waals surface area contributed by atoms with Crippen molar-refractivity contribution in [2.24, 2.45) is 0 Å². The maximum atomic E-state index is 12.4. The number of aliphatic hydroxyl groups excluding tert-OH is 1. The molecule has 0 aliphatic carbocycles. The van der Waals surface area contributed by atoms with Crippen LogP contribution in [0.3, 0.4) is 0 Å². The summed E-state index contributed by atoms with van der Waals surface area (Å²) >= 11 is 0. The summed E-state index contributed by atoms with van der Waals surface area (Å²) < 4.78 is 23.5. The fourth-order valence-corrected chi connectivity index (χ4v) is 4.02. The van der Waals surface area contributed by atoms with Crippen molar-refractivity contribution in [1.29, 1.82) is 0 Å². The minimum Gasteiger partial charge on any atom is -0.508 e. The highest BCUT2D eigenvalue weighted by Crippen LogP contribution is 2.34. The first-order chi connectivity index (χ1) is 18.4. The van der Waals surface area contributed by atoms with Crippen LogP contribution in [0, 0.1) is 5.82 Å². The number of aliphatic hydroxyl groups is 1. The van der Waals surface area contributed by atoms with E-state index in [1.807, 2.05) is 61.5 Å². The van der Waals surface area contributed by atoms with Crippen LogP contribution in [-0.4, -0.2) is 22.9 Å². The molecule has 6 nitrogen and oxygen atoms in total. The van der Waals surface area contributed by atoms with Crippen molar-refractivity contribution in [1.82, 2.24) is 5.32 Å². The minimum atomic E-state index is -0.462. The third-order valence-corrected chi connectivity index (χ3v) is 6.12. The highest BCUT2D eigenvalue weighted by Gasteiger charge is 2.26. The Balaban J connectivity index is 0.000000257. The van der Waals surface area contributed by atoms with E-state index in [0.717, 1.165) is 27.8 Å². The molecule has 0 spiro atoms. The number of ether oxygens (including phenoxy) is 2. The van der Waals surface area contributed by atoms with Gasteiger partial charge in [-0.15, -0.1) is 0 Å². The zero-order valence-corrected chi connectivity index (χ0v) is 21.0. The topological polar surface area (TPSA) is 88.0 Å². The first-order valence-electron chi connectivity index (χ1n) is 12.4. The zero-order valence-electron chi connectivity index (χ0n) is 21.0. The minimum absolute atomic E-state index is 0.208. The zero-order chi connectivity index (χ0) is 26.9. The molecule has 0 saturated carbocycles. The second kappa shape index (κ2) is 12.7. The summed E-state index contributed by atoms with van der Waals surface area (Å²) in [6.45, 7) is 2.57. The summed E-state index contributed by atoms with van der Waals surface area (Å²) in [4.78, 5) is 11.4. The highest BCUT2D eigenvalue weighted by molar-refractivity contribution is 5.72. The molecule has 5 rings (SSSR count). The predicted octanol–water partition coefficient (Wildman–Crippen LogP) is 6.69. The van der Waals surface area contributed by atoms with Gasteiger partial charge in [-0.25, -0.2) is 9.18 Å². The number of halogens is 1. The third kappa shape index (κ3) is 7.11. The van der Waals surface area contributed by atoms with Crippen molar-refractivity contribution in [2.45, 2.75) is 32.1 Å². The van der Waals surface area contributed by atoms with Gasteiger partial charge in [-0.3, -0.25) is 0 Å². The Morgan fingerprint density at radius 2 is 1.71 bits per heavy atom. The molecule has 196 valence electrons. The third-order valence-electron chi connectivity index (χ3n) is 6.12. The molecule has 4 aromatic rings. The van der Waals surface area contributed by atoms with E-state index in [2.05, 4.69) is 5.32 Å². The first-order valence-corrected chi connectivity index (χ1v) is 12.4. The van der Waals surface area contributed by atoms with Crippen LogP contribution in [0.15, 0.2) is 97.1 Å². The first kappa shape index (κ1) is 26.7. The quantitative estimate of drug-likeness (QED) is 0.255. The van der Waals surface area contributed by atoms with E-state index in [-0.39, 0.29) is 24.2 Å². The van der Waals surface area contributed by atoms with Gasteiger partial charge in [0.25, 0.3) is 0 Å². The van der Waals surface area contributed by atoms with E-state index in [4.69, 9.17) is 9.47 Å². The lowest BCUT2D eigenvalue weighted by molar-refractivity contribution is 0.173. The number of hydrogen-bond donors (Lipinski definition) is 3. The van der Waals surface area contributed by atoms with Crippen LogP contribution < -0.4 is 10.1 Å². The van der Waals surface area contributed by atoms with E-state index in [0.29, 0.717) is 18.8 Å². The molecule has 0 radical (unpaired) electrons. The van der Waals surface area contributed by atoms with Crippen molar-refractivity contribution in [3.8, 4) is 22.6 Å². The monoisotopic (exact) mass is 515 g/mol. The Morgan fingerprint density at radius 3 is 2.37 bits per heavy atom. The van der Waals surface area contributed by atoms with E-state index < -0.39 is 12.2 Å². The Kier molecular flexibility index (Phi) is 8.95. The van der Waals surface area contributed by atoms with Crippen LogP contribution in [0.25, 0.3) is 11.1 Å². The van der Waals surface area contributed by atoms with Gasteiger partial charge >= 0.3 is 6.09 Å². The summed E-state index contributed by atoms with van der Waals surface area (Å²) in [5.41, 5.74) is 4.49. The number of amides is 1. The van der Waals surface area contributed by atoms with Crippen molar-refractivity contribution >= 4 is 6.09 Å². The van der Waals surface area contributed by atoms with Gasteiger partial charge in [0.2, 0.25) is 0 Å². The average Bonchev–Trinajstić information content (AvgIpc) is 3.38. The number of cyclic esters (lactones) is 1. The summed E-state index contributed by atoms with van der Waals surface area (Å²) in [5.74, 6) is 0.618. The fourth-order valence-electron chi connectivity index (χ4n) is 4.02. The second-order valence-corrected chi connectivity index (χ2v) is 8.85. The molecule has 3 N–H and O–H groups in total. The number of carbonyl (C=O) groups excluding carboxylic acids is 1. The van der Waals surface area contributed by atoms with Crippen LogP contribution in [0.2, 0.25) is 0 Å². The number of alkyl carbamates (subject to hydrolysis) is 1. The lowest BCUT2D eigenvalue weighted by atomic mass is 9.99. The van der Waals surface area contributed by atoms with Crippen molar-refractivity contribution in [2.75, 3.05) is 6.61 Å². The molecule has 0 aromatic heterocycles. The number of phenolic OH excluding ortho intramolecular Hbond substituents is 1. The molecule has 7 heteroatoms. The predicted molar refractivity (Wildman–Crippen MR) is 143 cm³/mol. The van der Waals surface area contributed by atoms with Crippen LogP contribution in [0.5, 0.6) is 11.5 Å². The molecule has 1 heterocycles. The van der Waals surface area contributed by atoms with Crippen molar-refractivity contribution < 1.29 is 28.9 Å². The van der Waals surface area contributed by atoms with Gasteiger partial charge in [0.05, 0.1) is 12.1 Å². The van der Waals surface area contributed by atoms with Gasteiger partial charge in [0.15, 0.2) is 0 Å². The summed E-state index contributed by atoms with van der Waals surface area (Å²) in [6, 6.07) is 28.4. The molecule has 38 heavy (non-hydrogen) atoms. The lowest BCUT2D eigenvalue weighted by Crippen LogP contribution is -2.19. The Bertz CT molecular complexity index is 1340. The summed E-state index contributed by atoms with van der Waals surface area (Å²) in [7, 11) is 0. The molecule has 1 aliphatic rings. The van der Waals surface area contributed by atoms with E-state index in [1.54, 1.807) is 30.3 Å². The molecular weight excluding hydrogens is 485 g/mol. The SMILES string of the molecule is CCC(O)c1ccc(F)cc1.O=C1NC(c2ccc(-c3cccc(O)c3)cc2OCc2ccccc2)CO1. The van der Waals surface area contributed by atoms with Crippen molar-refractivity contribution in [3.63, 3.8) is 0 Å². The van der Waals surface area contributed by atoms with Gasteiger partial charge in [0, 0.05) is 5.56 Å². The van der Waals surface area contributed by atoms with Crippen LogP contribution in [0.1, 0.15) is 42.2 Å². The Morgan fingerprint density at radius 1 is 0.974 bits per heavy atom. The Hall–Kier alpha value is -4.36. The summed E-state index contributed by atoms with van der Waals surface area (Å²) in [6.07, 6.45) is -0.229. The maximum Gasteiger partial charge on any atom is 0.407 e. The standard InChI is InChI=1S/C22H19NO4.C9H11FO/c24-18-8-4-7-16(11-18)17-9-10-19(20-14-27-22(25)23-20)21(12-17)26-13-15-5-2-1-3-6-15;1-2-9(11)7-3-5-8(10)6-4-7/h1-12,20,24H,13-14H2,(H,23,25);3-6,9,11H,2H2,1H3. The lowest BCUT2D eigenvalue weighted by Gasteiger charge is -2.17. The van der Waals surface area contributed by atoms with Gasteiger partial charge < -0.3 is 25.0 Å². The molecule has 1 saturated heterocycles. The molecule has 2 unspecified atom stereocenters. The van der Waals surface area contributed by atoms with Crippen molar-refractivity contribution in [3.05, 3.63) is 120 Å². The largest absolute Gasteiger partial charge is 0.508 e. The van der Waals surface area contributed by atoms with Gasteiger partial charge in [-0.2, -0.15) is 0 Å². The average molecular weight is 516 g/mol. The van der Waals surface area contributed by atoms with E-state index in [1.165, 1.54) is 12.1 Å². The molecule has 4 aromatic carbocycles. The van der Waals surface area contributed by atoms with Gasteiger partial charge in [-0.05, 0) is 59.0 Å². The van der Waals surface area contributed by atoms with Crippen LogP contribution in [0.4, 0.5) is 9.18 Å². The molecule has 1 amide bonds. The van der Waals surface area contributed by atoms with E-state index in [9.17, 15) is 19.4 Å². The maximum absolute atomic E-state index is 12.4. The fraction of sp³-hybridized carbons (Fsp3) is 0.194. The number of rotatable bonds is 7. The molecular formula is C31H30FNO5. The van der Waals surface area contributed by atoms with Gasteiger partial charge in [0.1, 0.15) is 30.5 Å². The normalized spacial score (nSPS) is 15.0. The highest BCUT2D eigenvalue weighted by atomic mass is 19.1. The van der Waals surface area contributed by atoms with Crippen LogP contribution >= 0.6 is 0 Å². The number of benzene rings is 4. The van der Waals surface area contributed by atoms with Crippen LogP contribution in [-0.2, 0) is 11.3 Å². The molecule has 2 atom stereocenters. The molecule has 1 fully saturated rings. The number of nitrogens with one attached hydrogen (secondary N) is 1. The number of hydrogen-bond acceptors (Lipinski definition) is 5. The summed E-state index contributed by atoms with van der Waals surface area (Å²) in [5, 5.41) is 21.9. The molecule has 1 aliphatic heterocycles. The number of carbonyl (C=O) groups is 1. The number of phenols is 1. The van der Waals surface area contributed by atoms with E-state index >= 15 is 0 Å². The number of aromatic hydroxyl groups is 1. The smallest absolute Gasteiger partial charge is 0.407 e. The Labute approximate surface area is 221 Å². The van der Waals surface area contributed by atoms with Gasteiger partial charge in [-0.1, -0.05) is 73.7 Å².